The quantitative estimate of drug-likeness (QED) is 0.596. The second-order valence-electron chi connectivity index (χ2n) is 2.32. The maximum atomic E-state index is 10.3. The van der Waals surface area contributed by atoms with Crippen LogP contribution in [0.3, 0.4) is 0 Å². The van der Waals surface area contributed by atoms with E-state index in [0.717, 1.165) is 13.8 Å². The number of rotatable bonds is 3. The molecule has 0 spiro atoms. The van der Waals surface area contributed by atoms with E-state index in [9.17, 15) is 4.79 Å². The second-order valence-corrected chi connectivity index (χ2v) is 2.32. The predicted octanol–water partition coefficient (Wildman–Crippen LogP) is 0.114. The van der Waals surface area contributed by atoms with Crippen molar-refractivity contribution in [2.45, 2.75) is 27.2 Å². The summed E-state index contributed by atoms with van der Waals surface area (Å²) in [6, 6.07) is 0. The summed E-state index contributed by atoms with van der Waals surface area (Å²) in [4.78, 5) is 28.3. The minimum Gasteiger partial charge on any atom is -0.481 e. The van der Waals surface area contributed by atoms with Gasteiger partial charge in [0.1, 0.15) is 0 Å². The first kappa shape index (κ1) is 19.9. The molecule has 7 nitrogen and oxygen atoms in total. The van der Waals surface area contributed by atoms with Gasteiger partial charge in [-0.2, -0.15) is 0 Å². The van der Waals surface area contributed by atoms with Crippen LogP contribution in [0.2, 0.25) is 0 Å². The first-order valence-electron chi connectivity index (χ1n) is 4.43. The molecule has 0 radical (unpaired) electrons. The predicted molar refractivity (Wildman–Crippen MR) is 55.0 cm³/mol. The Balaban J connectivity index is -0.000000179. The van der Waals surface area contributed by atoms with Gasteiger partial charge in [0, 0.05) is 13.8 Å². The molecule has 0 aromatic carbocycles. The van der Waals surface area contributed by atoms with Crippen LogP contribution in [0, 0.1) is 0 Å². The summed E-state index contributed by atoms with van der Waals surface area (Å²) >= 11 is 0. The van der Waals surface area contributed by atoms with Crippen LogP contribution in [-0.2, 0) is 19.1 Å². The third-order valence-electron chi connectivity index (χ3n) is 0.621. The fraction of sp³-hybridized carbons (Fsp3) is 0.667. The molecule has 7 heteroatoms. The highest BCUT2D eigenvalue weighted by atomic mass is 16.5. The van der Waals surface area contributed by atoms with Gasteiger partial charge >= 0.3 is 5.97 Å². The van der Waals surface area contributed by atoms with E-state index in [0.29, 0.717) is 6.61 Å². The van der Waals surface area contributed by atoms with E-state index in [1.807, 2.05) is 0 Å². The van der Waals surface area contributed by atoms with Crippen LogP contribution in [0.1, 0.15) is 27.2 Å². The summed E-state index contributed by atoms with van der Waals surface area (Å²) in [6.07, 6.45) is 0.105. The molecule has 0 saturated carbocycles. The molecule has 0 amide bonds. The molecular formula is C9H18O7. The van der Waals surface area contributed by atoms with Gasteiger partial charge < -0.3 is 20.1 Å². The number of aliphatic carboxylic acids is 2. The van der Waals surface area contributed by atoms with E-state index >= 15 is 0 Å². The maximum absolute atomic E-state index is 10.3. The Labute approximate surface area is 93.7 Å². The minimum atomic E-state index is -0.833. The number of carbonyl (C=O) groups is 3. The van der Waals surface area contributed by atoms with E-state index in [2.05, 4.69) is 4.74 Å². The number of aliphatic hydroxyl groups is 1. The zero-order valence-corrected chi connectivity index (χ0v) is 9.60. The highest BCUT2D eigenvalue weighted by Gasteiger charge is 1.96. The molecule has 0 bridgehead atoms. The van der Waals surface area contributed by atoms with Gasteiger partial charge in [-0.05, 0) is 6.92 Å². The molecule has 0 atom stereocenters. The van der Waals surface area contributed by atoms with Crippen LogP contribution in [-0.4, -0.2) is 46.4 Å². The Morgan fingerprint density at radius 3 is 1.56 bits per heavy atom. The van der Waals surface area contributed by atoms with Crippen molar-refractivity contribution in [1.82, 2.24) is 0 Å². The van der Waals surface area contributed by atoms with Crippen molar-refractivity contribution < 1.29 is 34.4 Å². The molecule has 0 aliphatic carbocycles. The fourth-order valence-electron chi connectivity index (χ4n) is 0.324. The zero-order valence-electron chi connectivity index (χ0n) is 9.60. The number of hydrogen-bond donors (Lipinski definition) is 3. The SMILES string of the molecule is CC(=O)O.CC(=O)O.CCOC(=O)CCO. The summed E-state index contributed by atoms with van der Waals surface area (Å²) in [5.74, 6) is -2.00. The van der Waals surface area contributed by atoms with Crippen molar-refractivity contribution in [3.8, 4) is 0 Å². The molecule has 0 aromatic heterocycles. The van der Waals surface area contributed by atoms with Gasteiger partial charge in [0.25, 0.3) is 11.9 Å². The highest BCUT2D eigenvalue weighted by Crippen LogP contribution is 1.82. The standard InChI is InChI=1S/C5H10O3.2C2H4O2/c1-2-8-5(7)3-4-6;2*1-2(3)4/h6H,2-4H2,1H3;2*1H3,(H,3,4). The van der Waals surface area contributed by atoms with Gasteiger partial charge in [-0.15, -0.1) is 0 Å². The lowest BCUT2D eigenvalue weighted by molar-refractivity contribution is -0.144. The number of hydrogen-bond acceptors (Lipinski definition) is 5. The van der Waals surface area contributed by atoms with Crippen molar-refractivity contribution in [3.63, 3.8) is 0 Å². The highest BCUT2D eigenvalue weighted by molar-refractivity contribution is 5.69. The number of ether oxygens (including phenoxy) is 1. The summed E-state index contributed by atoms with van der Waals surface area (Å²) in [7, 11) is 0. The van der Waals surface area contributed by atoms with Crippen molar-refractivity contribution >= 4 is 17.9 Å². The third kappa shape index (κ3) is 83.7. The lowest BCUT2D eigenvalue weighted by Gasteiger charge is -1.96. The number of carboxylic acids is 2. The van der Waals surface area contributed by atoms with Crippen molar-refractivity contribution in [2.24, 2.45) is 0 Å². The molecular weight excluding hydrogens is 220 g/mol. The monoisotopic (exact) mass is 238 g/mol. The van der Waals surface area contributed by atoms with Crippen molar-refractivity contribution in [1.29, 1.82) is 0 Å². The fourth-order valence-corrected chi connectivity index (χ4v) is 0.324. The van der Waals surface area contributed by atoms with Crippen LogP contribution in [0.4, 0.5) is 0 Å². The largest absolute Gasteiger partial charge is 0.481 e. The molecule has 0 aliphatic heterocycles. The first-order valence-corrected chi connectivity index (χ1v) is 4.43. The first-order chi connectivity index (χ1) is 7.27. The smallest absolute Gasteiger partial charge is 0.308 e. The summed E-state index contributed by atoms with van der Waals surface area (Å²) in [6.45, 7) is 4.16. The van der Waals surface area contributed by atoms with Gasteiger partial charge in [0.05, 0.1) is 19.6 Å². The molecule has 0 fully saturated rings. The Morgan fingerprint density at radius 1 is 1.06 bits per heavy atom. The van der Waals surface area contributed by atoms with Gasteiger partial charge in [-0.1, -0.05) is 0 Å². The Bertz CT molecular complexity index is 172. The molecule has 0 rings (SSSR count). The topological polar surface area (TPSA) is 121 Å². The normalized spacial score (nSPS) is 7.50. The zero-order chi connectivity index (χ0) is 13.6. The minimum absolute atomic E-state index is 0.105. The lowest BCUT2D eigenvalue weighted by Crippen LogP contribution is -2.05. The van der Waals surface area contributed by atoms with Crippen molar-refractivity contribution in [3.05, 3.63) is 0 Å². The maximum Gasteiger partial charge on any atom is 0.308 e. The van der Waals surface area contributed by atoms with E-state index in [1.165, 1.54) is 0 Å². The van der Waals surface area contributed by atoms with Crippen LogP contribution in [0.25, 0.3) is 0 Å². The number of carboxylic acid groups (broad SMARTS) is 2. The van der Waals surface area contributed by atoms with Crippen molar-refractivity contribution in [2.75, 3.05) is 13.2 Å². The Morgan fingerprint density at radius 2 is 1.38 bits per heavy atom. The van der Waals surface area contributed by atoms with Gasteiger partial charge in [0.15, 0.2) is 0 Å². The van der Waals surface area contributed by atoms with Gasteiger partial charge in [-0.3, -0.25) is 14.4 Å². The molecule has 3 N–H and O–H groups in total. The third-order valence-corrected chi connectivity index (χ3v) is 0.621. The van der Waals surface area contributed by atoms with Crippen LogP contribution in [0.15, 0.2) is 0 Å². The molecule has 16 heavy (non-hydrogen) atoms. The van der Waals surface area contributed by atoms with Crippen LogP contribution in [0.5, 0.6) is 0 Å². The average Bonchev–Trinajstić information content (AvgIpc) is 2.02. The van der Waals surface area contributed by atoms with E-state index < -0.39 is 11.9 Å². The van der Waals surface area contributed by atoms with Crippen LogP contribution < -0.4 is 0 Å². The average molecular weight is 238 g/mol. The second kappa shape index (κ2) is 15.8. The molecule has 0 aromatic rings. The summed E-state index contributed by atoms with van der Waals surface area (Å²) < 4.78 is 4.48. The van der Waals surface area contributed by atoms with E-state index in [-0.39, 0.29) is 19.0 Å². The van der Waals surface area contributed by atoms with E-state index in [4.69, 9.17) is 24.9 Å². The summed E-state index contributed by atoms with van der Waals surface area (Å²) in [5, 5.41) is 23.0. The number of carbonyl (C=O) groups excluding carboxylic acids is 1. The molecule has 0 saturated heterocycles. The van der Waals surface area contributed by atoms with E-state index in [1.54, 1.807) is 6.92 Å². The molecule has 0 heterocycles. The van der Waals surface area contributed by atoms with Crippen LogP contribution >= 0.6 is 0 Å². The number of aliphatic hydroxyl groups excluding tert-OH is 1. The van der Waals surface area contributed by atoms with Gasteiger partial charge in [-0.25, -0.2) is 0 Å². The van der Waals surface area contributed by atoms with Gasteiger partial charge in [0.2, 0.25) is 0 Å². The Kier molecular flexibility index (Phi) is 19.7. The summed E-state index contributed by atoms with van der Waals surface area (Å²) in [5.41, 5.74) is 0. The lowest BCUT2D eigenvalue weighted by atomic mass is 10.5. The molecule has 0 aliphatic rings. The Hall–Kier alpha value is -1.63. The molecule has 96 valence electrons. The molecule has 0 unspecified atom stereocenters. The number of esters is 1.